The monoisotopic (exact) mass is 377 g/mol. The van der Waals surface area contributed by atoms with Crippen molar-refractivity contribution < 1.29 is 9.32 Å². The van der Waals surface area contributed by atoms with E-state index in [1.807, 2.05) is 82.3 Å². The molecule has 1 atom stereocenters. The third kappa shape index (κ3) is 5.52. The van der Waals surface area contributed by atoms with E-state index in [4.69, 9.17) is 4.52 Å². The van der Waals surface area contributed by atoms with Crippen LogP contribution in [0.2, 0.25) is 0 Å². The highest BCUT2D eigenvalue weighted by molar-refractivity contribution is 5.77. The molecule has 0 spiro atoms. The molecule has 0 unspecified atom stereocenters. The second kappa shape index (κ2) is 8.38. The predicted octanol–water partition coefficient (Wildman–Crippen LogP) is 4.88. The number of hydrogen-bond acceptors (Lipinski definition) is 4. The fourth-order valence-corrected chi connectivity index (χ4v) is 3.06. The normalized spacial score (nSPS) is 12.6. The van der Waals surface area contributed by atoms with Gasteiger partial charge in [-0.2, -0.15) is 4.98 Å². The lowest BCUT2D eigenvalue weighted by molar-refractivity contribution is -0.123. The first-order valence-corrected chi connectivity index (χ1v) is 9.54. The third-order valence-corrected chi connectivity index (χ3v) is 4.32. The zero-order valence-electron chi connectivity index (χ0n) is 16.9. The Morgan fingerprint density at radius 1 is 1.11 bits per heavy atom. The van der Waals surface area contributed by atoms with Crippen LogP contribution in [0, 0.1) is 12.3 Å². The molecule has 1 heterocycles. The minimum absolute atomic E-state index is 0.0243. The Labute approximate surface area is 166 Å². The minimum Gasteiger partial charge on any atom is -0.344 e. The first-order chi connectivity index (χ1) is 13.3. The van der Waals surface area contributed by atoms with Gasteiger partial charge in [0, 0.05) is 18.4 Å². The molecule has 0 radical (unpaired) electrons. The van der Waals surface area contributed by atoms with Gasteiger partial charge in [0.05, 0.1) is 0 Å². The van der Waals surface area contributed by atoms with Gasteiger partial charge in [0.15, 0.2) is 0 Å². The molecule has 28 heavy (non-hydrogen) atoms. The van der Waals surface area contributed by atoms with E-state index in [-0.39, 0.29) is 17.4 Å². The number of rotatable bonds is 6. The van der Waals surface area contributed by atoms with Crippen molar-refractivity contribution in [2.45, 2.75) is 46.6 Å². The van der Waals surface area contributed by atoms with Crippen LogP contribution in [0.3, 0.4) is 0 Å². The van der Waals surface area contributed by atoms with Gasteiger partial charge in [-0.05, 0) is 24.0 Å². The number of carbonyl (C=O) groups is 1. The van der Waals surface area contributed by atoms with E-state index in [1.54, 1.807) is 0 Å². The molecule has 3 rings (SSSR count). The number of nitrogens with one attached hydrogen (secondary N) is 1. The number of amides is 1. The molecule has 146 valence electrons. The van der Waals surface area contributed by atoms with Crippen molar-refractivity contribution in [1.29, 1.82) is 0 Å². The molecular weight excluding hydrogens is 350 g/mol. The first-order valence-electron chi connectivity index (χ1n) is 9.54. The second-order valence-corrected chi connectivity index (χ2v) is 8.37. The van der Waals surface area contributed by atoms with Gasteiger partial charge in [-0.1, -0.05) is 80.0 Å². The maximum Gasteiger partial charge on any atom is 0.249 e. The molecule has 1 amide bonds. The standard InChI is InChI=1S/C23H27N3O2/c1-16-9-8-12-18(13-16)21-25-22(28-26-21)19(14-17-10-6-5-7-11-17)24-20(27)15-23(2,3)4/h5-13,19H,14-15H2,1-4H3,(H,24,27)/t19-/m0/s1. The van der Waals surface area contributed by atoms with E-state index >= 15 is 0 Å². The molecule has 2 aromatic carbocycles. The quantitative estimate of drug-likeness (QED) is 0.665. The lowest BCUT2D eigenvalue weighted by Gasteiger charge is -2.20. The largest absolute Gasteiger partial charge is 0.344 e. The topological polar surface area (TPSA) is 68.0 Å². The lowest BCUT2D eigenvalue weighted by Crippen LogP contribution is -2.32. The summed E-state index contributed by atoms with van der Waals surface area (Å²) < 4.78 is 5.55. The lowest BCUT2D eigenvalue weighted by atomic mass is 9.91. The van der Waals surface area contributed by atoms with Gasteiger partial charge < -0.3 is 9.84 Å². The van der Waals surface area contributed by atoms with E-state index in [2.05, 4.69) is 15.5 Å². The Balaban J connectivity index is 1.85. The van der Waals surface area contributed by atoms with Crippen LogP contribution in [0.25, 0.3) is 11.4 Å². The fraction of sp³-hybridized carbons (Fsp3) is 0.348. The number of carbonyl (C=O) groups excluding carboxylic acids is 1. The van der Waals surface area contributed by atoms with Crippen LogP contribution in [0.15, 0.2) is 59.1 Å². The van der Waals surface area contributed by atoms with Gasteiger partial charge in [0.25, 0.3) is 0 Å². The SMILES string of the molecule is Cc1cccc(-c2noc([C@H](Cc3ccccc3)NC(=O)CC(C)(C)C)n2)c1. The van der Waals surface area contributed by atoms with Crippen LogP contribution < -0.4 is 5.32 Å². The summed E-state index contributed by atoms with van der Waals surface area (Å²) in [7, 11) is 0. The second-order valence-electron chi connectivity index (χ2n) is 8.37. The highest BCUT2D eigenvalue weighted by Gasteiger charge is 2.24. The van der Waals surface area contributed by atoms with Gasteiger partial charge in [-0.25, -0.2) is 0 Å². The molecule has 5 heteroatoms. The Kier molecular flexibility index (Phi) is 5.93. The van der Waals surface area contributed by atoms with E-state index in [9.17, 15) is 4.79 Å². The molecule has 0 saturated carbocycles. The smallest absolute Gasteiger partial charge is 0.249 e. The van der Waals surface area contributed by atoms with Crippen LogP contribution in [-0.2, 0) is 11.2 Å². The summed E-state index contributed by atoms with van der Waals surface area (Å²) in [5, 5.41) is 7.21. The van der Waals surface area contributed by atoms with Crippen molar-refractivity contribution in [2.24, 2.45) is 5.41 Å². The number of nitrogens with zero attached hydrogens (tertiary/aromatic N) is 2. The maximum absolute atomic E-state index is 12.6. The van der Waals surface area contributed by atoms with Crippen LogP contribution in [0.4, 0.5) is 0 Å². The molecular formula is C23H27N3O2. The zero-order valence-corrected chi connectivity index (χ0v) is 16.9. The summed E-state index contributed by atoms with van der Waals surface area (Å²) in [5.74, 6) is 0.924. The summed E-state index contributed by atoms with van der Waals surface area (Å²) in [5.41, 5.74) is 3.03. The van der Waals surface area contributed by atoms with Crippen LogP contribution in [-0.4, -0.2) is 16.0 Å². The predicted molar refractivity (Wildman–Crippen MR) is 110 cm³/mol. The number of hydrogen-bond donors (Lipinski definition) is 1. The summed E-state index contributed by atoms with van der Waals surface area (Å²) in [6, 6.07) is 17.6. The molecule has 0 aliphatic rings. The summed E-state index contributed by atoms with van der Waals surface area (Å²) in [6.07, 6.45) is 1.02. The van der Waals surface area contributed by atoms with Crippen molar-refractivity contribution in [1.82, 2.24) is 15.5 Å². The number of aromatic nitrogens is 2. The Morgan fingerprint density at radius 3 is 2.54 bits per heavy atom. The van der Waals surface area contributed by atoms with Crippen molar-refractivity contribution in [3.63, 3.8) is 0 Å². The molecule has 3 aromatic rings. The molecule has 0 aliphatic heterocycles. The summed E-state index contributed by atoms with van der Waals surface area (Å²) >= 11 is 0. The van der Waals surface area contributed by atoms with Crippen molar-refractivity contribution in [3.05, 3.63) is 71.6 Å². The van der Waals surface area contributed by atoms with Crippen LogP contribution >= 0.6 is 0 Å². The summed E-state index contributed by atoms with van der Waals surface area (Å²) in [6.45, 7) is 8.15. The van der Waals surface area contributed by atoms with E-state index < -0.39 is 0 Å². The third-order valence-electron chi connectivity index (χ3n) is 4.32. The van der Waals surface area contributed by atoms with Crippen molar-refractivity contribution >= 4 is 5.91 Å². The molecule has 0 fully saturated rings. The minimum atomic E-state index is -0.372. The molecule has 0 aliphatic carbocycles. The molecule has 1 N–H and O–H groups in total. The number of benzene rings is 2. The van der Waals surface area contributed by atoms with Gasteiger partial charge >= 0.3 is 0 Å². The van der Waals surface area contributed by atoms with Crippen LogP contribution in [0.1, 0.15) is 50.3 Å². The van der Waals surface area contributed by atoms with Crippen molar-refractivity contribution in [2.75, 3.05) is 0 Å². The van der Waals surface area contributed by atoms with E-state index in [0.717, 1.165) is 16.7 Å². The fourth-order valence-electron chi connectivity index (χ4n) is 3.06. The molecule has 0 bridgehead atoms. The maximum atomic E-state index is 12.6. The van der Waals surface area contributed by atoms with Crippen molar-refractivity contribution in [3.8, 4) is 11.4 Å². The average molecular weight is 377 g/mol. The van der Waals surface area contributed by atoms with E-state index in [0.29, 0.717) is 24.6 Å². The van der Waals surface area contributed by atoms with Crippen LogP contribution in [0.5, 0.6) is 0 Å². The highest BCUT2D eigenvalue weighted by atomic mass is 16.5. The Bertz CT molecular complexity index is 926. The first kappa shape index (κ1) is 19.8. The van der Waals surface area contributed by atoms with Gasteiger partial charge in [-0.15, -0.1) is 0 Å². The van der Waals surface area contributed by atoms with Gasteiger partial charge in [0.2, 0.25) is 17.6 Å². The molecule has 1 aromatic heterocycles. The van der Waals surface area contributed by atoms with Gasteiger partial charge in [0.1, 0.15) is 6.04 Å². The average Bonchev–Trinajstić information content (AvgIpc) is 3.10. The highest BCUT2D eigenvalue weighted by Crippen LogP contribution is 2.24. The Hall–Kier alpha value is -2.95. The molecule has 5 nitrogen and oxygen atoms in total. The zero-order chi connectivity index (χ0) is 20.1. The van der Waals surface area contributed by atoms with Gasteiger partial charge in [-0.3, -0.25) is 4.79 Å². The Morgan fingerprint density at radius 2 is 1.86 bits per heavy atom. The summed E-state index contributed by atoms with van der Waals surface area (Å²) in [4.78, 5) is 17.1. The van der Waals surface area contributed by atoms with E-state index in [1.165, 1.54) is 0 Å². The molecule has 0 saturated heterocycles. The number of aryl methyl sites for hydroxylation is 1.